The van der Waals surface area contributed by atoms with Crippen LogP contribution in [0.5, 0.6) is 5.75 Å². The Hall–Kier alpha value is -1.75. The zero-order valence-corrected chi connectivity index (χ0v) is 12.3. The lowest BCUT2D eigenvalue weighted by Gasteiger charge is -2.09. The Morgan fingerprint density at radius 2 is 2.05 bits per heavy atom. The lowest BCUT2D eigenvalue weighted by Crippen LogP contribution is -2.32. The molecule has 0 heterocycles. The van der Waals surface area contributed by atoms with Crippen molar-refractivity contribution in [2.24, 2.45) is 5.92 Å². The summed E-state index contributed by atoms with van der Waals surface area (Å²) >= 11 is 5.77. The highest BCUT2D eigenvalue weighted by Gasteiger charge is 2.08. The zero-order chi connectivity index (χ0) is 15.0. The van der Waals surface area contributed by atoms with E-state index in [9.17, 15) is 9.59 Å². The van der Waals surface area contributed by atoms with Crippen LogP contribution < -0.4 is 10.1 Å². The van der Waals surface area contributed by atoms with E-state index in [2.05, 4.69) is 5.32 Å². The van der Waals surface area contributed by atoms with Gasteiger partial charge in [-0.25, -0.2) is 4.79 Å². The van der Waals surface area contributed by atoms with Crippen molar-refractivity contribution in [2.75, 3.05) is 19.8 Å². The number of amides is 1. The SMILES string of the molecule is CC(C)CNC(=O)COC(=O)COc1cccc(Cl)c1. The quantitative estimate of drug-likeness (QED) is 0.783. The normalized spacial score (nSPS) is 10.2. The summed E-state index contributed by atoms with van der Waals surface area (Å²) in [6.07, 6.45) is 0. The van der Waals surface area contributed by atoms with E-state index in [1.807, 2.05) is 13.8 Å². The molecule has 0 spiro atoms. The zero-order valence-electron chi connectivity index (χ0n) is 11.5. The molecule has 0 atom stereocenters. The maximum atomic E-state index is 11.4. The van der Waals surface area contributed by atoms with Crippen LogP contribution in [0, 0.1) is 5.92 Å². The summed E-state index contributed by atoms with van der Waals surface area (Å²) in [5.41, 5.74) is 0. The van der Waals surface area contributed by atoms with Gasteiger partial charge in [0, 0.05) is 11.6 Å². The minimum Gasteiger partial charge on any atom is -0.482 e. The molecule has 0 aliphatic rings. The van der Waals surface area contributed by atoms with Crippen LogP contribution in [0.1, 0.15) is 13.8 Å². The lowest BCUT2D eigenvalue weighted by atomic mass is 10.2. The van der Waals surface area contributed by atoms with Crippen molar-refractivity contribution in [1.29, 1.82) is 0 Å². The van der Waals surface area contributed by atoms with Crippen LogP contribution in [0.2, 0.25) is 5.02 Å². The second-order valence-electron chi connectivity index (χ2n) is 4.60. The number of nitrogens with one attached hydrogen (secondary N) is 1. The Bertz CT molecular complexity index is 462. The first-order chi connectivity index (χ1) is 9.47. The van der Waals surface area contributed by atoms with Gasteiger partial charge in [-0.2, -0.15) is 0 Å². The molecule has 1 rings (SSSR count). The van der Waals surface area contributed by atoms with E-state index in [1.165, 1.54) is 0 Å². The molecule has 1 aromatic carbocycles. The molecule has 1 amide bonds. The Morgan fingerprint density at radius 3 is 2.70 bits per heavy atom. The fraction of sp³-hybridized carbons (Fsp3) is 0.429. The molecular weight excluding hydrogens is 282 g/mol. The molecule has 5 nitrogen and oxygen atoms in total. The van der Waals surface area contributed by atoms with Gasteiger partial charge in [-0.15, -0.1) is 0 Å². The standard InChI is InChI=1S/C14H18ClNO4/c1-10(2)7-16-13(17)8-20-14(18)9-19-12-5-3-4-11(15)6-12/h3-6,10H,7-9H2,1-2H3,(H,16,17). The van der Waals surface area contributed by atoms with E-state index in [0.29, 0.717) is 23.2 Å². The van der Waals surface area contributed by atoms with Crippen LogP contribution >= 0.6 is 11.6 Å². The van der Waals surface area contributed by atoms with Gasteiger partial charge in [-0.3, -0.25) is 4.79 Å². The number of halogens is 1. The third-order valence-electron chi connectivity index (χ3n) is 2.22. The van der Waals surface area contributed by atoms with Gasteiger partial charge in [-0.05, 0) is 24.1 Å². The third-order valence-corrected chi connectivity index (χ3v) is 2.46. The van der Waals surface area contributed by atoms with E-state index in [1.54, 1.807) is 24.3 Å². The van der Waals surface area contributed by atoms with Crippen LogP contribution in [0.15, 0.2) is 24.3 Å². The fourth-order valence-electron chi connectivity index (χ4n) is 1.26. The molecule has 110 valence electrons. The number of ether oxygens (including phenoxy) is 2. The number of benzene rings is 1. The van der Waals surface area contributed by atoms with Gasteiger partial charge in [-0.1, -0.05) is 31.5 Å². The minimum absolute atomic E-state index is 0.266. The average Bonchev–Trinajstić information content (AvgIpc) is 2.40. The summed E-state index contributed by atoms with van der Waals surface area (Å²) in [7, 11) is 0. The average molecular weight is 300 g/mol. The van der Waals surface area contributed by atoms with Gasteiger partial charge in [0.05, 0.1) is 0 Å². The molecule has 1 aromatic rings. The summed E-state index contributed by atoms with van der Waals surface area (Å²) in [5.74, 6) is -0.112. The predicted molar refractivity (Wildman–Crippen MR) is 75.8 cm³/mol. The Labute approximate surface area is 123 Å². The smallest absolute Gasteiger partial charge is 0.344 e. The molecule has 0 bridgehead atoms. The Balaban J connectivity index is 2.22. The molecule has 0 aromatic heterocycles. The van der Waals surface area contributed by atoms with E-state index in [-0.39, 0.29) is 19.1 Å². The highest BCUT2D eigenvalue weighted by Crippen LogP contribution is 2.16. The topological polar surface area (TPSA) is 64.6 Å². The van der Waals surface area contributed by atoms with Gasteiger partial charge in [0.25, 0.3) is 5.91 Å². The van der Waals surface area contributed by atoms with Gasteiger partial charge >= 0.3 is 5.97 Å². The predicted octanol–water partition coefficient (Wildman–Crippen LogP) is 2.03. The second-order valence-corrected chi connectivity index (χ2v) is 5.04. The van der Waals surface area contributed by atoms with Crippen LogP contribution in [0.25, 0.3) is 0 Å². The van der Waals surface area contributed by atoms with Gasteiger partial charge in [0.2, 0.25) is 0 Å². The van der Waals surface area contributed by atoms with Crippen LogP contribution in [0.3, 0.4) is 0 Å². The molecule has 6 heteroatoms. The number of esters is 1. The molecule has 0 radical (unpaired) electrons. The first-order valence-corrected chi connectivity index (χ1v) is 6.66. The number of hydrogen-bond donors (Lipinski definition) is 1. The van der Waals surface area contributed by atoms with Crippen molar-refractivity contribution < 1.29 is 19.1 Å². The Kier molecular flexibility index (Phi) is 6.87. The maximum Gasteiger partial charge on any atom is 0.344 e. The van der Waals surface area contributed by atoms with E-state index >= 15 is 0 Å². The van der Waals surface area contributed by atoms with Crippen LogP contribution in [0.4, 0.5) is 0 Å². The summed E-state index contributed by atoms with van der Waals surface area (Å²) in [6.45, 7) is 3.94. The third kappa shape index (κ3) is 6.99. The number of hydrogen-bond acceptors (Lipinski definition) is 4. The maximum absolute atomic E-state index is 11.4. The van der Waals surface area contributed by atoms with Gasteiger partial charge in [0.15, 0.2) is 13.2 Å². The largest absolute Gasteiger partial charge is 0.482 e. The lowest BCUT2D eigenvalue weighted by molar-refractivity contribution is -0.150. The van der Waals surface area contributed by atoms with Crippen LogP contribution in [-0.2, 0) is 14.3 Å². The molecular formula is C14H18ClNO4. The molecule has 0 aliphatic heterocycles. The molecule has 0 fully saturated rings. The summed E-state index contributed by atoms with van der Waals surface area (Å²) in [5, 5.41) is 3.16. The highest BCUT2D eigenvalue weighted by molar-refractivity contribution is 6.30. The van der Waals surface area contributed by atoms with E-state index in [4.69, 9.17) is 21.1 Å². The molecule has 0 saturated carbocycles. The van der Waals surface area contributed by atoms with Gasteiger partial charge in [0.1, 0.15) is 5.75 Å². The fourth-order valence-corrected chi connectivity index (χ4v) is 1.44. The van der Waals surface area contributed by atoms with Crippen molar-refractivity contribution in [1.82, 2.24) is 5.32 Å². The summed E-state index contributed by atoms with van der Waals surface area (Å²) in [6, 6.07) is 6.67. The molecule has 20 heavy (non-hydrogen) atoms. The second kappa shape index (κ2) is 8.43. The molecule has 0 aliphatic carbocycles. The summed E-state index contributed by atoms with van der Waals surface area (Å²) < 4.78 is 9.97. The van der Waals surface area contributed by atoms with Gasteiger partial charge < -0.3 is 14.8 Å². The van der Waals surface area contributed by atoms with Crippen molar-refractivity contribution in [2.45, 2.75) is 13.8 Å². The highest BCUT2D eigenvalue weighted by atomic mass is 35.5. The minimum atomic E-state index is -0.607. The van der Waals surface area contributed by atoms with E-state index < -0.39 is 5.97 Å². The molecule has 0 unspecified atom stereocenters. The van der Waals surface area contributed by atoms with Crippen molar-refractivity contribution in [3.8, 4) is 5.75 Å². The molecule has 0 saturated heterocycles. The van der Waals surface area contributed by atoms with Crippen LogP contribution in [-0.4, -0.2) is 31.6 Å². The monoisotopic (exact) mass is 299 g/mol. The first kappa shape index (κ1) is 16.3. The first-order valence-electron chi connectivity index (χ1n) is 6.28. The van der Waals surface area contributed by atoms with E-state index in [0.717, 1.165) is 0 Å². The van der Waals surface area contributed by atoms with Crippen molar-refractivity contribution >= 4 is 23.5 Å². The van der Waals surface area contributed by atoms with Crippen molar-refractivity contribution in [3.63, 3.8) is 0 Å². The Morgan fingerprint density at radius 1 is 1.30 bits per heavy atom. The number of rotatable bonds is 7. The molecule has 1 N–H and O–H groups in total. The number of carbonyl (C=O) groups excluding carboxylic acids is 2. The summed E-state index contributed by atoms with van der Waals surface area (Å²) in [4.78, 5) is 22.7. The van der Waals surface area contributed by atoms with Crippen molar-refractivity contribution in [3.05, 3.63) is 29.3 Å². The number of carbonyl (C=O) groups is 2.